The van der Waals surface area contributed by atoms with Crippen molar-refractivity contribution in [1.82, 2.24) is 41.7 Å². The summed E-state index contributed by atoms with van der Waals surface area (Å²) in [6.07, 6.45) is 0.344. The SMILES string of the molecule is CCCCCC(=O)N[C@H]1CSCc2cc(CSCCN)cc(c2)CSC[C@@H](C(=O)N[C@@H](CC(=O)O)C(N)=O)NC(=O)[C@H](Cc2ccccc2)NC(=O)[C@H](CCC(N)=O)NC(=O)[C@H]([C@@H](C)O)NC(=O)[C@@H]2CCCN2C(=O)[C@@H]2CCCN2C1=O. The topological polar surface area (TPSA) is 385 Å². The van der Waals surface area contributed by atoms with E-state index in [1.54, 1.807) is 42.1 Å². The summed E-state index contributed by atoms with van der Waals surface area (Å²) in [5, 5.41) is 36.1. The van der Waals surface area contributed by atoms with Gasteiger partial charge in [-0.2, -0.15) is 35.3 Å². The van der Waals surface area contributed by atoms with E-state index in [1.807, 2.05) is 25.1 Å². The first-order chi connectivity index (χ1) is 39.2. The van der Waals surface area contributed by atoms with Gasteiger partial charge < -0.3 is 69.1 Å². The fourth-order valence-electron chi connectivity index (χ4n) is 9.84. The summed E-state index contributed by atoms with van der Waals surface area (Å²) in [7, 11) is 0. The van der Waals surface area contributed by atoms with Crippen LogP contribution in [0.5, 0.6) is 0 Å². The minimum Gasteiger partial charge on any atom is -0.481 e. The maximum atomic E-state index is 14.7. The van der Waals surface area contributed by atoms with Gasteiger partial charge in [-0.15, -0.1) is 0 Å². The van der Waals surface area contributed by atoms with Gasteiger partial charge in [0.15, 0.2) is 0 Å². The number of primary amides is 2. The molecule has 10 amide bonds. The third-order valence-electron chi connectivity index (χ3n) is 14.0. The van der Waals surface area contributed by atoms with E-state index in [2.05, 4.69) is 31.9 Å². The molecule has 82 heavy (non-hydrogen) atoms. The summed E-state index contributed by atoms with van der Waals surface area (Å²) in [6.45, 7) is 4.05. The molecule has 2 aromatic carbocycles. The highest BCUT2D eigenvalue weighted by atomic mass is 32.2. The molecular formula is C55H79N11O13S3. The monoisotopic (exact) mass is 1200 g/mol. The van der Waals surface area contributed by atoms with Crippen molar-refractivity contribution in [2.45, 2.75) is 163 Å². The second-order valence-corrected chi connectivity index (χ2v) is 23.8. The van der Waals surface area contributed by atoms with Crippen LogP contribution in [-0.4, -0.2) is 176 Å². The quantitative estimate of drug-likeness (QED) is 0.0757. The lowest BCUT2D eigenvalue weighted by atomic mass is 10.0. The summed E-state index contributed by atoms with van der Waals surface area (Å²) < 4.78 is 0. The molecule has 0 unspecified atom stereocenters. The Kier molecular flexibility index (Phi) is 27.2. The number of carboxylic acids is 1. The molecule has 3 aliphatic rings. The molecule has 2 saturated heterocycles. The summed E-state index contributed by atoms with van der Waals surface area (Å²) in [6, 6.07) is 3.30. The fraction of sp³-hybridized carbons (Fsp3) is 0.582. The molecule has 0 aromatic heterocycles. The number of benzene rings is 2. The van der Waals surface area contributed by atoms with E-state index in [0.29, 0.717) is 55.1 Å². The molecule has 2 bridgehead atoms. The molecule has 450 valence electrons. The first-order valence-electron chi connectivity index (χ1n) is 27.7. The molecule has 3 aliphatic heterocycles. The highest BCUT2D eigenvalue weighted by Crippen LogP contribution is 2.28. The van der Waals surface area contributed by atoms with Gasteiger partial charge in [0.1, 0.15) is 48.3 Å². The number of aliphatic hydroxyl groups is 1. The van der Waals surface area contributed by atoms with Crippen LogP contribution in [0.3, 0.4) is 0 Å². The Balaban J connectivity index is 1.58. The first-order valence-corrected chi connectivity index (χ1v) is 31.1. The van der Waals surface area contributed by atoms with Gasteiger partial charge in [0.25, 0.3) is 0 Å². The number of nitrogens with one attached hydrogen (secondary N) is 6. The number of nitrogens with two attached hydrogens (primary N) is 3. The zero-order valence-corrected chi connectivity index (χ0v) is 48.9. The number of hydrogen-bond donors (Lipinski definition) is 11. The van der Waals surface area contributed by atoms with E-state index >= 15 is 0 Å². The average Bonchev–Trinajstić information content (AvgIpc) is 4.18. The molecule has 3 heterocycles. The molecule has 14 N–H and O–H groups in total. The summed E-state index contributed by atoms with van der Waals surface area (Å²) in [5.74, 6) is -7.55. The number of aliphatic carboxylic acids is 1. The predicted molar refractivity (Wildman–Crippen MR) is 311 cm³/mol. The minimum absolute atomic E-state index is 0.142. The lowest BCUT2D eigenvalue weighted by Gasteiger charge is -2.33. The first kappa shape index (κ1) is 66.4. The normalized spacial score (nSPS) is 23.5. The third-order valence-corrected chi connectivity index (χ3v) is 17.3. The zero-order chi connectivity index (χ0) is 59.9. The van der Waals surface area contributed by atoms with Crippen molar-refractivity contribution in [1.29, 1.82) is 0 Å². The van der Waals surface area contributed by atoms with Crippen LogP contribution in [-0.2, 0) is 76.4 Å². The van der Waals surface area contributed by atoms with Gasteiger partial charge in [-0.1, -0.05) is 68.3 Å². The molecule has 9 atom stereocenters. The Labute approximate surface area is 490 Å². The van der Waals surface area contributed by atoms with Crippen LogP contribution in [0.1, 0.15) is 107 Å². The van der Waals surface area contributed by atoms with Crippen molar-refractivity contribution in [3.05, 3.63) is 70.8 Å². The number of carboxylic acid groups (broad SMARTS) is 1. The summed E-state index contributed by atoms with van der Waals surface area (Å²) >= 11 is 4.24. The Hall–Kier alpha value is -6.42. The van der Waals surface area contributed by atoms with Crippen molar-refractivity contribution in [2.75, 3.05) is 36.9 Å². The largest absolute Gasteiger partial charge is 0.481 e. The second-order valence-electron chi connectivity index (χ2n) is 20.7. The van der Waals surface area contributed by atoms with Crippen LogP contribution < -0.4 is 49.1 Å². The van der Waals surface area contributed by atoms with Crippen LogP contribution in [0.15, 0.2) is 48.5 Å². The fourth-order valence-corrected chi connectivity index (χ4v) is 12.5. The van der Waals surface area contributed by atoms with Gasteiger partial charge in [-0.3, -0.25) is 52.7 Å². The van der Waals surface area contributed by atoms with E-state index in [0.717, 1.165) is 29.5 Å². The van der Waals surface area contributed by atoms with Crippen LogP contribution in [0.25, 0.3) is 0 Å². The number of aliphatic hydroxyl groups excluding tert-OH is 1. The number of carbonyl (C=O) groups is 11. The van der Waals surface area contributed by atoms with Crippen molar-refractivity contribution in [3.8, 4) is 0 Å². The van der Waals surface area contributed by atoms with Crippen LogP contribution >= 0.6 is 35.3 Å². The standard InChI is InChI=1S/C55H79N11O13S3/c1-3-4-6-15-45(69)59-41-31-82-29-36-23-34(27-80-21-18-56)22-35(24-36)28-81-30-40(51(75)61-38(48(58)72)26-46(70)71)63-50(74)39(25-33-11-7-5-8-12-33)62-49(73)37(16-17-44(57)68)60-53(77)47(32(2)67)64-52(76)42-13-9-19-65(42)55(79)43-14-10-20-66(43)54(41)78/h5,7-8,11-12,22-24,32,37-43,47,67H,3-4,6,9-10,13-21,25-31,56H2,1-2H3,(H2,57,68)(H2,58,72)(H,59,69)(H,60,77)(H,61,75)(H,62,73)(H,63,74)(H,64,76)(H,70,71)/t32-,37+,38+,39+,40+,41+,42+,43+,47+/m1/s1. The third kappa shape index (κ3) is 20.8. The van der Waals surface area contributed by atoms with E-state index in [9.17, 15) is 63.0 Å². The molecule has 0 saturated carbocycles. The van der Waals surface area contributed by atoms with Crippen molar-refractivity contribution in [2.24, 2.45) is 17.2 Å². The number of unbranched alkanes of at least 4 members (excludes halogenated alkanes) is 2. The lowest BCUT2D eigenvalue weighted by molar-refractivity contribution is -0.148. The maximum absolute atomic E-state index is 14.7. The second kappa shape index (κ2) is 33.6. The molecule has 5 rings (SSSR count). The molecule has 0 spiro atoms. The van der Waals surface area contributed by atoms with E-state index < -0.39 is 133 Å². The van der Waals surface area contributed by atoms with E-state index in [1.165, 1.54) is 40.2 Å². The number of fused-ring (bicyclic) bond motifs is 4. The smallest absolute Gasteiger partial charge is 0.305 e. The molecule has 2 aromatic rings. The van der Waals surface area contributed by atoms with Crippen molar-refractivity contribution in [3.63, 3.8) is 0 Å². The highest BCUT2D eigenvalue weighted by Gasteiger charge is 2.45. The average molecular weight is 1200 g/mol. The van der Waals surface area contributed by atoms with Crippen LogP contribution in [0, 0.1) is 0 Å². The van der Waals surface area contributed by atoms with Crippen LogP contribution in [0.4, 0.5) is 0 Å². The maximum Gasteiger partial charge on any atom is 0.305 e. The van der Waals surface area contributed by atoms with Gasteiger partial charge in [0, 0.05) is 73.4 Å². The molecule has 27 heteroatoms. The molecule has 2 fully saturated rings. The minimum atomic E-state index is -1.72. The lowest BCUT2D eigenvalue weighted by Crippen LogP contribution is -2.62. The molecule has 0 aliphatic carbocycles. The van der Waals surface area contributed by atoms with Gasteiger partial charge in [0.2, 0.25) is 59.1 Å². The van der Waals surface area contributed by atoms with Gasteiger partial charge >= 0.3 is 5.97 Å². The van der Waals surface area contributed by atoms with Crippen molar-refractivity contribution < 1.29 is 63.0 Å². The molecule has 24 nitrogen and oxygen atoms in total. The van der Waals surface area contributed by atoms with Gasteiger partial charge in [0.05, 0.1) is 12.5 Å². The van der Waals surface area contributed by atoms with Crippen molar-refractivity contribution >= 4 is 100 Å². The number of rotatable bonds is 20. The Morgan fingerprint density at radius 2 is 1.40 bits per heavy atom. The molecule has 0 radical (unpaired) electrons. The molecular weight excluding hydrogens is 1120 g/mol. The predicted octanol–water partition coefficient (Wildman–Crippen LogP) is -0.321. The van der Waals surface area contributed by atoms with Gasteiger partial charge in [-0.25, -0.2) is 0 Å². The highest BCUT2D eigenvalue weighted by molar-refractivity contribution is 7.99. The van der Waals surface area contributed by atoms with E-state index in [4.69, 9.17) is 17.2 Å². The van der Waals surface area contributed by atoms with Crippen LogP contribution in [0.2, 0.25) is 0 Å². The number of carbonyl (C=O) groups excluding carboxylic acids is 10. The zero-order valence-electron chi connectivity index (χ0n) is 46.4. The Morgan fingerprint density at radius 3 is 2.02 bits per heavy atom. The Morgan fingerprint density at radius 1 is 0.768 bits per heavy atom. The van der Waals surface area contributed by atoms with Gasteiger partial charge in [-0.05, 0) is 67.7 Å². The summed E-state index contributed by atoms with van der Waals surface area (Å²) in [5.41, 5.74) is 20.0. The number of nitrogens with zero attached hydrogens (tertiary/aromatic N) is 2. The number of hydrogen-bond acceptors (Lipinski definition) is 16. The number of amides is 10. The Bertz CT molecular complexity index is 2580. The number of thioether (sulfide) groups is 3. The summed E-state index contributed by atoms with van der Waals surface area (Å²) in [4.78, 5) is 153. The van der Waals surface area contributed by atoms with E-state index in [-0.39, 0.29) is 55.5 Å².